The topological polar surface area (TPSA) is 113 Å². The number of aromatic hydroxyl groups is 1. The maximum Gasteiger partial charge on any atom is 0.257 e. The summed E-state index contributed by atoms with van der Waals surface area (Å²) in [7, 11) is 0. The van der Waals surface area contributed by atoms with Gasteiger partial charge in [-0.25, -0.2) is 9.37 Å². The summed E-state index contributed by atoms with van der Waals surface area (Å²) in [6, 6.07) is 15.1. The van der Waals surface area contributed by atoms with Crippen LogP contribution in [-0.4, -0.2) is 58.2 Å². The SMILES string of the molecule is C[C@@H]1CN(Cc2ccc(-c3cccc(Oc4ncc(F)cc4C(=O)NC4CCC(N)CC4)c3)cc2O)C[C@H](C)N1. The number of benzene rings is 2. The van der Waals surface area contributed by atoms with Gasteiger partial charge in [0.15, 0.2) is 0 Å². The minimum Gasteiger partial charge on any atom is -0.508 e. The number of piperazine rings is 1. The normalized spacial score (nSPS) is 23.5. The van der Waals surface area contributed by atoms with E-state index in [9.17, 15) is 14.3 Å². The monoisotopic (exact) mass is 547 g/mol. The van der Waals surface area contributed by atoms with Crippen molar-refractivity contribution in [1.29, 1.82) is 0 Å². The Morgan fingerprint density at radius 2 is 1.82 bits per heavy atom. The van der Waals surface area contributed by atoms with E-state index in [4.69, 9.17) is 10.5 Å². The number of amides is 1. The maximum absolute atomic E-state index is 14.1. The summed E-state index contributed by atoms with van der Waals surface area (Å²) in [6.45, 7) is 6.88. The Kier molecular flexibility index (Phi) is 8.63. The second-order valence-corrected chi connectivity index (χ2v) is 11.2. The van der Waals surface area contributed by atoms with Gasteiger partial charge in [0.2, 0.25) is 5.88 Å². The van der Waals surface area contributed by atoms with Gasteiger partial charge in [0.25, 0.3) is 5.91 Å². The number of phenols is 1. The van der Waals surface area contributed by atoms with E-state index in [1.54, 1.807) is 12.1 Å². The van der Waals surface area contributed by atoms with Crippen molar-refractivity contribution in [3.63, 3.8) is 0 Å². The number of aromatic nitrogens is 1. The van der Waals surface area contributed by atoms with E-state index in [-0.39, 0.29) is 29.3 Å². The summed E-state index contributed by atoms with van der Waals surface area (Å²) in [4.78, 5) is 19.4. The highest BCUT2D eigenvalue weighted by Gasteiger charge is 2.24. The zero-order chi connectivity index (χ0) is 28.2. The molecule has 2 aromatic carbocycles. The van der Waals surface area contributed by atoms with Gasteiger partial charge in [-0.05, 0) is 74.9 Å². The van der Waals surface area contributed by atoms with Gasteiger partial charge in [-0.2, -0.15) is 0 Å². The first kappa shape index (κ1) is 28.0. The molecule has 2 fully saturated rings. The van der Waals surface area contributed by atoms with Crippen LogP contribution in [0, 0.1) is 5.82 Å². The molecule has 212 valence electrons. The van der Waals surface area contributed by atoms with E-state index in [1.165, 1.54) is 0 Å². The summed E-state index contributed by atoms with van der Waals surface area (Å²) in [6.07, 6.45) is 4.28. The van der Waals surface area contributed by atoms with Crippen molar-refractivity contribution in [2.24, 2.45) is 5.73 Å². The van der Waals surface area contributed by atoms with Crippen LogP contribution in [-0.2, 0) is 6.54 Å². The Morgan fingerprint density at radius 3 is 2.55 bits per heavy atom. The number of carbonyl (C=O) groups is 1. The second-order valence-electron chi connectivity index (χ2n) is 11.2. The van der Waals surface area contributed by atoms with E-state index < -0.39 is 11.7 Å². The van der Waals surface area contributed by atoms with Gasteiger partial charge in [-0.3, -0.25) is 9.69 Å². The molecule has 0 unspecified atom stereocenters. The van der Waals surface area contributed by atoms with Crippen LogP contribution in [0.3, 0.4) is 0 Å². The zero-order valence-electron chi connectivity index (χ0n) is 23.1. The highest BCUT2D eigenvalue weighted by atomic mass is 19.1. The first-order chi connectivity index (χ1) is 19.2. The van der Waals surface area contributed by atoms with Crippen molar-refractivity contribution < 1.29 is 19.0 Å². The van der Waals surface area contributed by atoms with Gasteiger partial charge in [0, 0.05) is 49.4 Å². The van der Waals surface area contributed by atoms with Crippen LogP contribution in [0.4, 0.5) is 4.39 Å². The number of nitrogens with one attached hydrogen (secondary N) is 2. The maximum atomic E-state index is 14.1. The molecule has 2 aliphatic rings. The molecule has 1 aliphatic carbocycles. The molecule has 1 saturated heterocycles. The number of nitrogens with zero attached hydrogens (tertiary/aromatic N) is 2. The molecule has 1 amide bonds. The number of nitrogens with two attached hydrogens (primary N) is 1. The minimum absolute atomic E-state index is 0.0132. The van der Waals surface area contributed by atoms with Gasteiger partial charge in [-0.1, -0.05) is 24.3 Å². The van der Waals surface area contributed by atoms with E-state index in [2.05, 4.69) is 34.4 Å². The fourth-order valence-corrected chi connectivity index (χ4v) is 5.74. The van der Waals surface area contributed by atoms with Crippen LogP contribution >= 0.6 is 0 Å². The molecule has 0 radical (unpaired) electrons. The van der Waals surface area contributed by atoms with Crippen molar-refractivity contribution >= 4 is 5.91 Å². The Morgan fingerprint density at radius 1 is 1.10 bits per heavy atom. The lowest BCUT2D eigenvalue weighted by molar-refractivity contribution is 0.0922. The average molecular weight is 548 g/mol. The highest BCUT2D eigenvalue weighted by Crippen LogP contribution is 2.32. The second kappa shape index (κ2) is 12.3. The fraction of sp³-hybridized carbons (Fsp3) is 0.419. The van der Waals surface area contributed by atoms with E-state index >= 15 is 0 Å². The summed E-state index contributed by atoms with van der Waals surface area (Å²) >= 11 is 0. The molecular weight excluding hydrogens is 509 g/mol. The molecule has 9 heteroatoms. The molecule has 40 heavy (non-hydrogen) atoms. The van der Waals surface area contributed by atoms with Gasteiger partial charge in [0.05, 0.1) is 6.20 Å². The van der Waals surface area contributed by atoms with E-state index in [0.717, 1.165) is 67.7 Å². The Labute approximate surface area is 234 Å². The van der Waals surface area contributed by atoms with Gasteiger partial charge < -0.3 is 26.2 Å². The summed E-state index contributed by atoms with van der Waals surface area (Å²) in [5.41, 5.74) is 8.55. The summed E-state index contributed by atoms with van der Waals surface area (Å²) in [5.74, 6) is -0.321. The lowest BCUT2D eigenvalue weighted by atomic mass is 9.91. The third-order valence-electron chi connectivity index (χ3n) is 7.66. The number of phenolic OH excluding ortho intramolecular Hbond substituents is 1. The summed E-state index contributed by atoms with van der Waals surface area (Å²) in [5, 5.41) is 17.3. The van der Waals surface area contributed by atoms with Gasteiger partial charge in [0.1, 0.15) is 22.9 Å². The molecule has 2 heterocycles. The van der Waals surface area contributed by atoms with Crippen molar-refractivity contribution in [2.75, 3.05) is 13.1 Å². The van der Waals surface area contributed by atoms with Crippen LogP contribution in [0.25, 0.3) is 11.1 Å². The predicted octanol–water partition coefficient (Wildman–Crippen LogP) is 4.57. The van der Waals surface area contributed by atoms with Gasteiger partial charge >= 0.3 is 0 Å². The lowest BCUT2D eigenvalue weighted by Gasteiger charge is -2.36. The molecule has 0 spiro atoms. The number of carbonyl (C=O) groups excluding carboxylic acids is 1. The Bertz CT molecular complexity index is 1330. The molecule has 0 bridgehead atoms. The molecule has 1 aromatic heterocycles. The fourth-order valence-electron chi connectivity index (χ4n) is 5.74. The van der Waals surface area contributed by atoms with Crippen LogP contribution in [0.5, 0.6) is 17.4 Å². The molecule has 1 aliphatic heterocycles. The van der Waals surface area contributed by atoms with Crippen LogP contribution in [0.2, 0.25) is 0 Å². The van der Waals surface area contributed by atoms with Crippen LogP contribution < -0.4 is 21.1 Å². The quantitative estimate of drug-likeness (QED) is 0.343. The molecule has 2 atom stereocenters. The number of halogens is 1. The largest absolute Gasteiger partial charge is 0.508 e. The first-order valence-corrected chi connectivity index (χ1v) is 14.0. The van der Waals surface area contributed by atoms with Crippen LogP contribution in [0.1, 0.15) is 55.5 Å². The van der Waals surface area contributed by atoms with Crippen molar-refractivity contribution in [3.8, 4) is 28.5 Å². The van der Waals surface area contributed by atoms with E-state index in [1.807, 2.05) is 30.3 Å². The molecule has 1 saturated carbocycles. The van der Waals surface area contributed by atoms with Crippen molar-refractivity contribution in [2.45, 2.75) is 70.2 Å². The van der Waals surface area contributed by atoms with E-state index in [0.29, 0.717) is 24.4 Å². The number of ether oxygens (including phenoxy) is 1. The summed E-state index contributed by atoms with van der Waals surface area (Å²) < 4.78 is 20.1. The Hall–Kier alpha value is -3.53. The lowest BCUT2D eigenvalue weighted by Crippen LogP contribution is -2.53. The smallest absolute Gasteiger partial charge is 0.257 e. The standard InChI is InChI=1S/C31H38FN5O3/c1-19-16-37(17-20(2)35-19)18-23-7-6-22(13-29(23)38)21-4-3-5-27(12-21)40-31-28(14-24(32)15-34-31)30(39)36-26-10-8-25(33)9-11-26/h3-7,12-15,19-20,25-26,35,38H,8-11,16-18,33H2,1-2H3,(H,36,39)/t19-,20+,25?,26?. The average Bonchev–Trinajstić information content (AvgIpc) is 2.92. The molecule has 5 N–H and O–H groups in total. The van der Waals surface area contributed by atoms with Crippen LogP contribution in [0.15, 0.2) is 54.7 Å². The number of pyridine rings is 1. The number of hydrogen-bond donors (Lipinski definition) is 4. The number of rotatable bonds is 7. The predicted molar refractivity (Wildman–Crippen MR) is 153 cm³/mol. The third-order valence-corrected chi connectivity index (χ3v) is 7.66. The van der Waals surface area contributed by atoms with Crippen molar-refractivity contribution in [1.82, 2.24) is 20.5 Å². The first-order valence-electron chi connectivity index (χ1n) is 14.0. The highest BCUT2D eigenvalue weighted by molar-refractivity contribution is 5.96. The minimum atomic E-state index is -0.614. The van der Waals surface area contributed by atoms with Gasteiger partial charge in [-0.15, -0.1) is 0 Å². The van der Waals surface area contributed by atoms with Crippen molar-refractivity contribution in [3.05, 3.63) is 71.7 Å². The zero-order valence-corrected chi connectivity index (χ0v) is 23.1. The molecular formula is C31H38FN5O3. The third kappa shape index (κ3) is 6.96. The molecule has 3 aromatic rings. The molecule has 5 rings (SSSR count). The Balaban J connectivity index is 1.30. The number of hydrogen-bond acceptors (Lipinski definition) is 7. The molecule has 8 nitrogen and oxygen atoms in total.